The maximum atomic E-state index is 12.7. The predicted octanol–water partition coefficient (Wildman–Crippen LogP) is 1.80. The van der Waals surface area contributed by atoms with Crippen LogP contribution < -0.4 is 5.73 Å². The molecule has 0 spiro atoms. The molecule has 2 N–H and O–H groups in total. The number of carbonyl (C=O) groups is 1. The molecule has 0 heterocycles. The number of carbonyl (C=O) groups excluding carboxylic acids is 1. The Bertz CT molecular complexity index is 644. The van der Waals surface area contributed by atoms with Crippen LogP contribution in [0.25, 0.3) is 0 Å². The fourth-order valence-electron chi connectivity index (χ4n) is 1.81. The second-order valence-electron chi connectivity index (χ2n) is 4.86. The molecule has 6 nitrogen and oxygen atoms in total. The second-order valence-corrected chi connectivity index (χ2v) is 7.13. The molecule has 0 aliphatic heterocycles. The normalized spacial score (nSPS) is 12.0. The van der Waals surface area contributed by atoms with Gasteiger partial charge in [0, 0.05) is 6.04 Å². The Labute approximate surface area is 129 Å². The highest BCUT2D eigenvalue weighted by molar-refractivity contribution is 7.89. The Hall–Kier alpha value is -1.31. The Kier molecular flexibility index (Phi) is 5.61. The number of methoxy groups -OCH3 is 1. The molecule has 0 bridgehead atoms. The summed E-state index contributed by atoms with van der Waals surface area (Å²) >= 11 is 5.88. The van der Waals surface area contributed by atoms with Crippen molar-refractivity contribution in [2.75, 3.05) is 19.4 Å². The van der Waals surface area contributed by atoms with Gasteiger partial charge in [0.05, 0.1) is 22.7 Å². The van der Waals surface area contributed by atoms with E-state index in [1.807, 2.05) is 0 Å². The Morgan fingerprint density at radius 2 is 2.00 bits per heavy atom. The third-order valence-corrected chi connectivity index (χ3v) is 5.46. The molecule has 0 aromatic heterocycles. The van der Waals surface area contributed by atoms with Gasteiger partial charge in [-0.25, -0.2) is 8.42 Å². The SMILES string of the molecule is COC(=O)CN(C(C)C)S(=O)(=O)c1cc(N)c(Cl)cc1C. The number of nitrogens with zero attached hydrogens (tertiary/aromatic N) is 1. The molecule has 21 heavy (non-hydrogen) atoms. The smallest absolute Gasteiger partial charge is 0.321 e. The number of nitrogens with two attached hydrogens (primary N) is 1. The number of nitrogen functional groups attached to an aromatic ring is 1. The molecule has 0 fully saturated rings. The number of anilines is 1. The number of sulfonamides is 1. The van der Waals surface area contributed by atoms with Crippen molar-refractivity contribution in [3.8, 4) is 0 Å². The first-order valence-electron chi connectivity index (χ1n) is 6.25. The zero-order chi connectivity index (χ0) is 16.4. The van der Waals surface area contributed by atoms with E-state index < -0.39 is 22.0 Å². The molecule has 0 saturated carbocycles. The van der Waals surface area contributed by atoms with E-state index in [1.165, 1.54) is 19.2 Å². The first kappa shape index (κ1) is 17.7. The summed E-state index contributed by atoms with van der Waals surface area (Å²) < 4.78 is 31.1. The summed E-state index contributed by atoms with van der Waals surface area (Å²) in [5, 5.41) is 0.288. The van der Waals surface area contributed by atoms with Gasteiger partial charge in [0.2, 0.25) is 10.0 Å². The maximum Gasteiger partial charge on any atom is 0.321 e. The Morgan fingerprint density at radius 1 is 1.43 bits per heavy atom. The lowest BCUT2D eigenvalue weighted by Gasteiger charge is -2.25. The number of halogens is 1. The Balaban J connectivity index is 3.36. The van der Waals surface area contributed by atoms with Crippen LogP contribution >= 0.6 is 11.6 Å². The highest BCUT2D eigenvalue weighted by atomic mass is 35.5. The maximum absolute atomic E-state index is 12.7. The highest BCUT2D eigenvalue weighted by Crippen LogP contribution is 2.29. The summed E-state index contributed by atoms with van der Waals surface area (Å²) in [6.45, 7) is 4.61. The number of aryl methyl sites for hydroxylation is 1. The average Bonchev–Trinajstić information content (AvgIpc) is 2.38. The number of rotatable bonds is 5. The van der Waals surface area contributed by atoms with Gasteiger partial charge >= 0.3 is 5.97 Å². The van der Waals surface area contributed by atoms with E-state index in [2.05, 4.69) is 4.74 Å². The molecule has 0 saturated heterocycles. The molecule has 1 rings (SSSR count). The van der Waals surface area contributed by atoms with E-state index >= 15 is 0 Å². The van der Waals surface area contributed by atoms with E-state index in [0.29, 0.717) is 5.56 Å². The van der Waals surface area contributed by atoms with Crippen LogP contribution in [0.3, 0.4) is 0 Å². The van der Waals surface area contributed by atoms with Crippen molar-refractivity contribution >= 4 is 33.3 Å². The Morgan fingerprint density at radius 3 is 2.48 bits per heavy atom. The summed E-state index contributed by atoms with van der Waals surface area (Å²) in [6, 6.07) is 2.38. The zero-order valence-electron chi connectivity index (χ0n) is 12.4. The number of esters is 1. The standard InChI is InChI=1S/C13H19ClN2O4S/c1-8(2)16(7-13(17)20-4)21(18,19)12-6-11(15)10(14)5-9(12)3/h5-6,8H,7,15H2,1-4H3. The van der Waals surface area contributed by atoms with Crippen LogP contribution in [0.4, 0.5) is 5.69 Å². The van der Waals surface area contributed by atoms with Crippen molar-refractivity contribution in [3.63, 3.8) is 0 Å². The third kappa shape index (κ3) is 3.87. The summed E-state index contributed by atoms with van der Waals surface area (Å²) in [7, 11) is -2.67. The van der Waals surface area contributed by atoms with Crippen molar-refractivity contribution in [1.29, 1.82) is 0 Å². The molecular formula is C13H19ClN2O4S. The van der Waals surface area contributed by atoms with Crippen LogP contribution in [0.2, 0.25) is 5.02 Å². The molecule has 0 amide bonds. The quantitative estimate of drug-likeness (QED) is 0.655. The van der Waals surface area contributed by atoms with Gasteiger partial charge < -0.3 is 10.5 Å². The van der Waals surface area contributed by atoms with E-state index in [4.69, 9.17) is 17.3 Å². The molecule has 0 aliphatic rings. The van der Waals surface area contributed by atoms with Crippen LogP contribution in [0.15, 0.2) is 17.0 Å². The van der Waals surface area contributed by atoms with Gasteiger partial charge in [0.1, 0.15) is 6.54 Å². The number of hydrogen-bond acceptors (Lipinski definition) is 5. The van der Waals surface area contributed by atoms with E-state index in [0.717, 1.165) is 4.31 Å². The summed E-state index contributed by atoms with van der Waals surface area (Å²) in [4.78, 5) is 11.5. The molecule has 8 heteroatoms. The molecule has 0 unspecified atom stereocenters. The molecule has 0 aliphatic carbocycles. The van der Waals surface area contributed by atoms with Gasteiger partial charge in [-0.05, 0) is 38.5 Å². The minimum absolute atomic E-state index is 0.0296. The zero-order valence-corrected chi connectivity index (χ0v) is 14.0. The van der Waals surface area contributed by atoms with E-state index in [9.17, 15) is 13.2 Å². The molecule has 0 atom stereocenters. The lowest BCUT2D eigenvalue weighted by atomic mass is 10.2. The van der Waals surface area contributed by atoms with E-state index in [-0.39, 0.29) is 22.2 Å². The topological polar surface area (TPSA) is 89.7 Å². The number of hydrogen-bond donors (Lipinski definition) is 1. The van der Waals surface area contributed by atoms with Crippen molar-refractivity contribution in [1.82, 2.24) is 4.31 Å². The first-order valence-corrected chi connectivity index (χ1v) is 8.07. The van der Waals surface area contributed by atoms with Gasteiger partial charge in [0.15, 0.2) is 0 Å². The van der Waals surface area contributed by atoms with Crippen molar-refractivity contribution in [2.45, 2.75) is 31.7 Å². The van der Waals surface area contributed by atoms with Crippen LogP contribution in [-0.4, -0.2) is 38.4 Å². The molecule has 118 valence electrons. The van der Waals surface area contributed by atoms with E-state index in [1.54, 1.807) is 20.8 Å². The van der Waals surface area contributed by atoms with Crippen molar-refractivity contribution in [2.24, 2.45) is 0 Å². The van der Waals surface area contributed by atoms with Crippen LogP contribution in [0.1, 0.15) is 19.4 Å². The number of benzene rings is 1. The van der Waals surface area contributed by atoms with Gasteiger partial charge in [-0.2, -0.15) is 4.31 Å². The van der Waals surface area contributed by atoms with Crippen LogP contribution in [-0.2, 0) is 19.6 Å². The second kappa shape index (κ2) is 6.64. The highest BCUT2D eigenvalue weighted by Gasteiger charge is 2.31. The van der Waals surface area contributed by atoms with Gasteiger partial charge in [-0.15, -0.1) is 0 Å². The third-order valence-electron chi connectivity index (χ3n) is 2.97. The predicted molar refractivity (Wildman–Crippen MR) is 81.6 cm³/mol. The fourth-order valence-corrected chi connectivity index (χ4v) is 3.85. The summed E-state index contributed by atoms with van der Waals surface area (Å²) in [6.07, 6.45) is 0. The first-order chi connectivity index (χ1) is 9.61. The van der Waals surface area contributed by atoms with Crippen molar-refractivity contribution < 1.29 is 17.9 Å². The molecular weight excluding hydrogens is 316 g/mol. The monoisotopic (exact) mass is 334 g/mol. The lowest BCUT2D eigenvalue weighted by Crippen LogP contribution is -2.41. The summed E-state index contributed by atoms with van der Waals surface area (Å²) in [5.41, 5.74) is 6.32. The van der Waals surface area contributed by atoms with Crippen LogP contribution in [0, 0.1) is 6.92 Å². The van der Waals surface area contributed by atoms with Gasteiger partial charge in [0.25, 0.3) is 0 Å². The van der Waals surface area contributed by atoms with Crippen LogP contribution in [0.5, 0.6) is 0 Å². The molecule has 1 aromatic carbocycles. The van der Waals surface area contributed by atoms with Crippen molar-refractivity contribution in [3.05, 3.63) is 22.7 Å². The minimum Gasteiger partial charge on any atom is -0.468 e. The average molecular weight is 335 g/mol. The largest absolute Gasteiger partial charge is 0.468 e. The van der Waals surface area contributed by atoms with Gasteiger partial charge in [-0.1, -0.05) is 11.6 Å². The molecule has 1 aromatic rings. The minimum atomic E-state index is -3.88. The molecule has 0 radical (unpaired) electrons. The number of ether oxygens (including phenoxy) is 1. The fraction of sp³-hybridized carbons (Fsp3) is 0.462. The van der Waals surface area contributed by atoms with Gasteiger partial charge in [-0.3, -0.25) is 4.79 Å². The lowest BCUT2D eigenvalue weighted by molar-refractivity contribution is -0.141. The summed E-state index contributed by atoms with van der Waals surface area (Å²) in [5.74, 6) is -0.633.